The van der Waals surface area contributed by atoms with Gasteiger partial charge in [0.15, 0.2) is 5.82 Å². The normalized spacial score (nSPS) is 14.0. The van der Waals surface area contributed by atoms with E-state index in [2.05, 4.69) is 30.7 Å². The number of aromatic nitrogens is 3. The Balaban J connectivity index is 1.52. The molecule has 36 heavy (non-hydrogen) atoms. The lowest BCUT2D eigenvalue weighted by atomic mass is 10.1. The third-order valence-electron chi connectivity index (χ3n) is 5.42. The number of nitrogens with one attached hydrogen (secondary N) is 2. The first-order valence-electron chi connectivity index (χ1n) is 11.2. The summed E-state index contributed by atoms with van der Waals surface area (Å²) in [4.78, 5) is 30.8. The van der Waals surface area contributed by atoms with E-state index in [0.29, 0.717) is 65.1 Å². The summed E-state index contributed by atoms with van der Waals surface area (Å²) in [6.07, 6.45) is 1.67. The fraction of sp³-hybridized carbons (Fsp3) is 0.304. The summed E-state index contributed by atoms with van der Waals surface area (Å²) in [5.41, 5.74) is 7.67. The number of hydrogen-bond acceptors (Lipinski definition) is 10. The van der Waals surface area contributed by atoms with Crippen LogP contribution in [0.25, 0.3) is 11.3 Å². The highest BCUT2D eigenvalue weighted by atomic mass is 35.5. The average Bonchev–Trinajstić information content (AvgIpc) is 2.88. The van der Waals surface area contributed by atoms with E-state index in [-0.39, 0.29) is 11.5 Å². The molecule has 0 bridgehead atoms. The molecule has 0 amide bonds. The minimum atomic E-state index is 0.0688. The Bertz CT molecular complexity index is 1270. The van der Waals surface area contributed by atoms with Gasteiger partial charge >= 0.3 is 0 Å². The Morgan fingerprint density at radius 1 is 1.11 bits per heavy atom. The van der Waals surface area contributed by atoms with E-state index >= 15 is 0 Å². The van der Waals surface area contributed by atoms with Crippen LogP contribution >= 0.6 is 23.2 Å². The van der Waals surface area contributed by atoms with Crippen LogP contribution in [0, 0.1) is 4.91 Å². The first-order chi connectivity index (χ1) is 17.4. The SMILES string of the molecule is CC(=Nc1cnc(NCCNc2ccc(N=O)c(N)n2)nc1-c1ccc(Cl)cc1Cl)N1CCOCC1. The number of rotatable bonds is 8. The molecule has 11 nitrogen and oxygen atoms in total. The number of halogens is 2. The van der Waals surface area contributed by atoms with Crippen molar-refractivity contribution in [2.75, 3.05) is 55.8 Å². The lowest BCUT2D eigenvalue weighted by Gasteiger charge is -2.28. The second-order valence-corrected chi connectivity index (χ2v) is 8.70. The number of amidine groups is 1. The summed E-state index contributed by atoms with van der Waals surface area (Å²) >= 11 is 12.6. The smallest absolute Gasteiger partial charge is 0.223 e. The molecule has 2 aromatic heterocycles. The number of anilines is 3. The maximum absolute atomic E-state index is 10.6. The highest BCUT2D eigenvalue weighted by Crippen LogP contribution is 2.35. The second-order valence-electron chi connectivity index (χ2n) is 7.86. The van der Waals surface area contributed by atoms with Gasteiger partial charge in [-0.25, -0.2) is 19.9 Å². The zero-order valence-electron chi connectivity index (χ0n) is 19.5. The van der Waals surface area contributed by atoms with Crippen LogP contribution in [0.1, 0.15) is 6.92 Å². The molecule has 0 aliphatic carbocycles. The molecule has 3 aromatic rings. The maximum Gasteiger partial charge on any atom is 0.223 e. The monoisotopic (exact) mass is 529 g/mol. The predicted molar refractivity (Wildman–Crippen MR) is 144 cm³/mol. The van der Waals surface area contributed by atoms with Gasteiger partial charge in [0.25, 0.3) is 0 Å². The fourth-order valence-corrected chi connectivity index (χ4v) is 4.06. The number of nitrogens with two attached hydrogens (primary N) is 1. The molecule has 4 rings (SSSR count). The summed E-state index contributed by atoms with van der Waals surface area (Å²) in [7, 11) is 0. The molecule has 1 aliphatic rings. The Kier molecular flexibility index (Phi) is 8.47. The summed E-state index contributed by atoms with van der Waals surface area (Å²) in [5, 5.41) is 10.1. The zero-order chi connectivity index (χ0) is 25.5. The Hall–Kier alpha value is -3.54. The number of nitrogen functional groups attached to an aromatic ring is 1. The van der Waals surface area contributed by atoms with Crippen molar-refractivity contribution in [1.29, 1.82) is 0 Å². The van der Waals surface area contributed by atoms with Crippen molar-refractivity contribution in [3.05, 3.63) is 51.5 Å². The predicted octanol–water partition coefficient (Wildman–Crippen LogP) is 4.73. The third kappa shape index (κ3) is 6.36. The van der Waals surface area contributed by atoms with E-state index < -0.39 is 0 Å². The number of nitroso groups, excluding NO2 is 1. The average molecular weight is 530 g/mol. The Morgan fingerprint density at radius 3 is 2.61 bits per heavy atom. The van der Waals surface area contributed by atoms with Crippen LogP contribution in [-0.2, 0) is 4.74 Å². The summed E-state index contributed by atoms with van der Waals surface area (Å²) in [5.74, 6) is 1.85. The van der Waals surface area contributed by atoms with Gasteiger partial charge in [0, 0.05) is 36.8 Å². The van der Waals surface area contributed by atoms with Gasteiger partial charge in [-0.2, -0.15) is 0 Å². The summed E-state index contributed by atoms with van der Waals surface area (Å²) < 4.78 is 5.44. The van der Waals surface area contributed by atoms with Crippen molar-refractivity contribution in [2.45, 2.75) is 6.92 Å². The van der Waals surface area contributed by atoms with Gasteiger partial charge in [-0.3, -0.25) is 0 Å². The topological polar surface area (TPSA) is 143 Å². The van der Waals surface area contributed by atoms with Crippen LogP contribution in [0.3, 0.4) is 0 Å². The van der Waals surface area contributed by atoms with E-state index in [4.69, 9.17) is 43.6 Å². The first-order valence-corrected chi connectivity index (χ1v) is 12.0. The molecule has 13 heteroatoms. The summed E-state index contributed by atoms with van der Waals surface area (Å²) in [6, 6.07) is 8.38. The molecule has 3 heterocycles. The molecular weight excluding hydrogens is 505 g/mol. The molecule has 0 atom stereocenters. The van der Waals surface area contributed by atoms with Crippen molar-refractivity contribution < 1.29 is 4.74 Å². The molecule has 1 aliphatic heterocycles. The molecular formula is C23H25Cl2N9O2. The van der Waals surface area contributed by atoms with Gasteiger partial charge in [0.2, 0.25) is 5.95 Å². The van der Waals surface area contributed by atoms with Crippen LogP contribution in [0.5, 0.6) is 0 Å². The number of aliphatic imine (C=N–C) groups is 1. The van der Waals surface area contributed by atoms with Crippen molar-refractivity contribution >= 4 is 58.0 Å². The highest BCUT2D eigenvalue weighted by molar-refractivity contribution is 6.36. The molecule has 0 spiro atoms. The second kappa shape index (κ2) is 11.9. The lowest BCUT2D eigenvalue weighted by Crippen LogP contribution is -2.39. The Morgan fingerprint density at radius 2 is 1.89 bits per heavy atom. The van der Waals surface area contributed by atoms with Gasteiger partial charge in [0.1, 0.15) is 28.7 Å². The van der Waals surface area contributed by atoms with E-state index in [1.54, 1.807) is 24.4 Å². The minimum absolute atomic E-state index is 0.0688. The standard InChI is InChI=1S/C23H25Cl2N9O2/c1-14(34-8-10-36-11-9-34)30-19-13-29-23(32-21(19)16-3-2-15(24)12-17(16)25)28-7-6-27-20-5-4-18(33-35)22(26)31-20/h2-5,12-13H,6-11H2,1H3,(H3,26,27,31)(H,28,29,32). The number of hydrogen-bond donors (Lipinski definition) is 3. The number of pyridine rings is 1. The molecule has 4 N–H and O–H groups in total. The quantitative estimate of drug-likeness (QED) is 0.163. The van der Waals surface area contributed by atoms with Gasteiger partial charge in [-0.05, 0) is 42.4 Å². The van der Waals surface area contributed by atoms with E-state index in [9.17, 15) is 4.91 Å². The Labute approximate surface area is 218 Å². The lowest BCUT2D eigenvalue weighted by molar-refractivity contribution is 0.0678. The maximum atomic E-state index is 10.6. The molecule has 0 saturated carbocycles. The zero-order valence-corrected chi connectivity index (χ0v) is 21.1. The van der Waals surface area contributed by atoms with Gasteiger partial charge in [-0.1, -0.05) is 23.2 Å². The van der Waals surface area contributed by atoms with Crippen molar-refractivity contribution in [1.82, 2.24) is 19.9 Å². The molecule has 1 aromatic carbocycles. The number of ether oxygens (including phenoxy) is 1. The van der Waals surface area contributed by atoms with Crippen molar-refractivity contribution in [3.63, 3.8) is 0 Å². The van der Waals surface area contributed by atoms with Gasteiger partial charge in [0.05, 0.1) is 24.4 Å². The molecule has 1 saturated heterocycles. The number of benzene rings is 1. The molecule has 1 fully saturated rings. The van der Waals surface area contributed by atoms with Crippen molar-refractivity contribution in [3.8, 4) is 11.3 Å². The van der Waals surface area contributed by atoms with E-state index in [1.807, 2.05) is 13.0 Å². The van der Waals surface area contributed by atoms with E-state index in [1.165, 1.54) is 6.07 Å². The van der Waals surface area contributed by atoms with Gasteiger partial charge in [-0.15, -0.1) is 4.91 Å². The molecule has 0 radical (unpaired) electrons. The van der Waals surface area contributed by atoms with Crippen molar-refractivity contribution in [2.24, 2.45) is 10.2 Å². The third-order valence-corrected chi connectivity index (χ3v) is 5.97. The van der Waals surface area contributed by atoms with Crippen LogP contribution in [-0.4, -0.2) is 65.1 Å². The number of morpholine rings is 1. The van der Waals surface area contributed by atoms with Crippen LogP contribution in [0.4, 0.5) is 29.0 Å². The van der Waals surface area contributed by atoms with Crippen LogP contribution < -0.4 is 16.4 Å². The van der Waals surface area contributed by atoms with E-state index in [0.717, 1.165) is 18.9 Å². The summed E-state index contributed by atoms with van der Waals surface area (Å²) in [6.45, 7) is 5.81. The minimum Gasteiger partial charge on any atom is -0.382 e. The van der Waals surface area contributed by atoms with Crippen LogP contribution in [0.15, 0.2) is 46.7 Å². The van der Waals surface area contributed by atoms with Crippen LogP contribution in [0.2, 0.25) is 10.0 Å². The number of nitrogens with zero attached hydrogens (tertiary/aromatic N) is 6. The fourth-order valence-electron chi connectivity index (χ4n) is 3.56. The van der Waals surface area contributed by atoms with Gasteiger partial charge < -0.3 is 26.0 Å². The molecule has 188 valence electrons. The highest BCUT2D eigenvalue weighted by Gasteiger charge is 2.16. The largest absolute Gasteiger partial charge is 0.382 e. The first kappa shape index (κ1) is 25.5. The molecule has 0 unspecified atom stereocenters.